The average molecular weight is 857 g/mol. The molecule has 0 N–H and O–H groups in total. The van der Waals surface area contributed by atoms with Crippen LogP contribution in [0.3, 0.4) is 0 Å². The molecular weight excluding hydrogens is 813 g/mol. The van der Waals surface area contributed by atoms with Crippen LogP contribution in [0.4, 0.5) is 17.1 Å². The smallest absolute Gasteiger partial charge is 0.160 e. The van der Waals surface area contributed by atoms with Gasteiger partial charge in [0.1, 0.15) is 0 Å². The maximum atomic E-state index is 5.37. The molecule has 1 aliphatic heterocycles. The molecule has 0 saturated heterocycles. The number of anilines is 3. The van der Waals surface area contributed by atoms with Gasteiger partial charge in [-0.2, -0.15) is 0 Å². The monoisotopic (exact) mass is 856 g/mol. The molecule has 13 rings (SSSR count). The molecule has 0 radical (unpaired) electrons. The van der Waals surface area contributed by atoms with Crippen molar-refractivity contribution in [1.82, 2.24) is 14.5 Å². The fourth-order valence-corrected chi connectivity index (χ4v) is 10.7. The van der Waals surface area contributed by atoms with Crippen molar-refractivity contribution in [3.05, 3.63) is 242 Å². The first kappa shape index (κ1) is 38.8. The molecular formula is C63H44N4. The topological polar surface area (TPSA) is 34.0 Å². The van der Waals surface area contributed by atoms with Crippen LogP contribution in [0.2, 0.25) is 0 Å². The van der Waals surface area contributed by atoms with Crippen molar-refractivity contribution in [2.75, 3.05) is 4.90 Å². The second kappa shape index (κ2) is 15.3. The lowest BCUT2D eigenvalue weighted by atomic mass is 9.73. The predicted molar refractivity (Wildman–Crippen MR) is 280 cm³/mol. The highest BCUT2D eigenvalue weighted by molar-refractivity contribution is 6.23. The fraction of sp³-hybridized carbons (Fsp3) is 0.0476. The SMILES string of the molecule is CC1(C)c2ccccc2N(c2ccccc2)c2ccc(-c3cccc4c5c6ccccc6ccc5n(-c5cccc(-c6nc(-c7ccc(-c8ccccc8)cc7)c7ccccc7n6)c5)c34)cc21. The van der Waals surface area contributed by atoms with E-state index in [9.17, 15) is 0 Å². The maximum absolute atomic E-state index is 5.37. The van der Waals surface area contributed by atoms with Crippen LogP contribution in [-0.4, -0.2) is 14.5 Å². The molecule has 4 nitrogen and oxygen atoms in total. The van der Waals surface area contributed by atoms with Crippen molar-refractivity contribution in [2.45, 2.75) is 19.3 Å². The van der Waals surface area contributed by atoms with Gasteiger partial charge in [0, 0.05) is 49.6 Å². The molecule has 67 heavy (non-hydrogen) atoms. The van der Waals surface area contributed by atoms with E-state index >= 15 is 0 Å². The number of rotatable bonds is 6. The van der Waals surface area contributed by atoms with Crippen molar-refractivity contribution in [3.8, 4) is 50.6 Å². The maximum Gasteiger partial charge on any atom is 0.160 e. The van der Waals surface area contributed by atoms with Crippen LogP contribution in [0, 0.1) is 0 Å². The van der Waals surface area contributed by atoms with Gasteiger partial charge in [0.2, 0.25) is 0 Å². The summed E-state index contributed by atoms with van der Waals surface area (Å²) in [6.07, 6.45) is 0. The summed E-state index contributed by atoms with van der Waals surface area (Å²) < 4.78 is 2.47. The Balaban J connectivity index is 1.01. The van der Waals surface area contributed by atoms with E-state index < -0.39 is 0 Å². The summed E-state index contributed by atoms with van der Waals surface area (Å²) in [5.41, 5.74) is 17.8. The molecule has 0 aliphatic carbocycles. The van der Waals surface area contributed by atoms with Crippen molar-refractivity contribution in [2.24, 2.45) is 0 Å². The summed E-state index contributed by atoms with van der Waals surface area (Å²) in [5.74, 6) is 0.689. The number of para-hydroxylation sites is 4. The number of aromatic nitrogens is 3. The summed E-state index contributed by atoms with van der Waals surface area (Å²) in [6, 6.07) is 83.2. The number of hydrogen-bond donors (Lipinski definition) is 0. The van der Waals surface area contributed by atoms with Crippen molar-refractivity contribution >= 4 is 60.5 Å². The fourth-order valence-electron chi connectivity index (χ4n) is 10.7. The lowest BCUT2D eigenvalue weighted by molar-refractivity contribution is 0.632. The molecule has 4 heteroatoms. The molecule has 0 bridgehead atoms. The Labute approximate surface area is 389 Å². The Morgan fingerprint density at radius 1 is 0.403 bits per heavy atom. The molecule has 0 amide bonds. The van der Waals surface area contributed by atoms with E-state index in [1.807, 2.05) is 0 Å². The third-order valence-corrected chi connectivity index (χ3v) is 14.0. The molecule has 10 aromatic carbocycles. The normalized spacial score (nSPS) is 13.0. The van der Waals surface area contributed by atoms with E-state index in [0.717, 1.165) is 44.6 Å². The quantitative estimate of drug-likeness (QED) is 0.167. The van der Waals surface area contributed by atoms with Gasteiger partial charge in [-0.15, -0.1) is 0 Å². The molecule has 316 valence electrons. The van der Waals surface area contributed by atoms with Crippen LogP contribution in [0.15, 0.2) is 231 Å². The van der Waals surface area contributed by atoms with Gasteiger partial charge in [-0.05, 0) is 93.2 Å². The highest BCUT2D eigenvalue weighted by Crippen LogP contribution is 2.53. The minimum atomic E-state index is -0.249. The summed E-state index contributed by atoms with van der Waals surface area (Å²) >= 11 is 0. The zero-order valence-corrected chi connectivity index (χ0v) is 37.2. The van der Waals surface area contributed by atoms with Crippen LogP contribution in [0.5, 0.6) is 0 Å². The third kappa shape index (κ3) is 6.21. The molecule has 0 saturated carbocycles. The summed E-state index contributed by atoms with van der Waals surface area (Å²) in [7, 11) is 0. The van der Waals surface area contributed by atoms with Crippen LogP contribution in [-0.2, 0) is 5.41 Å². The second-order valence-corrected chi connectivity index (χ2v) is 18.2. The zero-order chi connectivity index (χ0) is 44.6. The van der Waals surface area contributed by atoms with E-state index in [1.165, 1.54) is 71.8 Å². The second-order valence-electron chi connectivity index (χ2n) is 18.2. The van der Waals surface area contributed by atoms with E-state index in [2.05, 4.69) is 254 Å². The highest BCUT2D eigenvalue weighted by Gasteiger charge is 2.37. The molecule has 0 unspecified atom stereocenters. The molecule has 0 fully saturated rings. The first-order valence-corrected chi connectivity index (χ1v) is 23.1. The average Bonchev–Trinajstić information content (AvgIpc) is 3.74. The largest absolute Gasteiger partial charge is 0.310 e. The molecule has 0 spiro atoms. The third-order valence-electron chi connectivity index (χ3n) is 14.0. The van der Waals surface area contributed by atoms with Crippen molar-refractivity contribution < 1.29 is 0 Å². The van der Waals surface area contributed by atoms with E-state index in [4.69, 9.17) is 9.97 Å². The number of nitrogens with zero attached hydrogens (tertiary/aromatic N) is 4. The molecule has 3 heterocycles. The molecule has 1 aliphatic rings. The van der Waals surface area contributed by atoms with Crippen LogP contribution in [0.25, 0.3) is 94.1 Å². The number of hydrogen-bond acceptors (Lipinski definition) is 3. The van der Waals surface area contributed by atoms with Gasteiger partial charge in [0.25, 0.3) is 0 Å². The first-order chi connectivity index (χ1) is 33.0. The zero-order valence-electron chi connectivity index (χ0n) is 37.2. The predicted octanol–water partition coefficient (Wildman–Crippen LogP) is 16.7. The minimum absolute atomic E-state index is 0.249. The standard InChI is InChI=1S/C63H44N4/c1-63(2)53-28-12-14-30-56(53)66(47-21-7-4-8-22-47)57-37-36-45(40-54(57)63)50-26-16-27-52-59-49-24-10-9-19-43(49)35-38-58(59)67(61(50)52)48-23-15-20-46(39-48)62-64-55-29-13-11-25-51(55)60(65-62)44-33-31-42(32-34-44)41-17-5-3-6-18-41/h3-40H,1-2H3. The molecule has 2 aromatic heterocycles. The van der Waals surface area contributed by atoms with Crippen LogP contribution >= 0.6 is 0 Å². The highest BCUT2D eigenvalue weighted by atomic mass is 15.2. The van der Waals surface area contributed by atoms with Gasteiger partial charge >= 0.3 is 0 Å². The van der Waals surface area contributed by atoms with Gasteiger partial charge in [-0.1, -0.05) is 190 Å². The van der Waals surface area contributed by atoms with Gasteiger partial charge < -0.3 is 9.47 Å². The Kier molecular flexibility index (Phi) is 8.84. The van der Waals surface area contributed by atoms with Crippen LogP contribution in [0.1, 0.15) is 25.0 Å². The lowest BCUT2D eigenvalue weighted by Crippen LogP contribution is -2.30. The summed E-state index contributed by atoms with van der Waals surface area (Å²) in [4.78, 5) is 13.0. The van der Waals surface area contributed by atoms with E-state index in [-0.39, 0.29) is 5.41 Å². The molecule has 0 atom stereocenters. The Hall–Kier alpha value is -8.60. The van der Waals surface area contributed by atoms with E-state index in [0.29, 0.717) is 5.82 Å². The van der Waals surface area contributed by atoms with Crippen molar-refractivity contribution in [3.63, 3.8) is 0 Å². The Bertz CT molecular complexity index is 3890. The summed E-state index contributed by atoms with van der Waals surface area (Å²) in [6.45, 7) is 4.73. The van der Waals surface area contributed by atoms with Gasteiger partial charge in [0.05, 0.1) is 33.6 Å². The minimum Gasteiger partial charge on any atom is -0.310 e. The van der Waals surface area contributed by atoms with Gasteiger partial charge in [0.15, 0.2) is 5.82 Å². The van der Waals surface area contributed by atoms with Gasteiger partial charge in [-0.3, -0.25) is 0 Å². The van der Waals surface area contributed by atoms with E-state index in [1.54, 1.807) is 0 Å². The van der Waals surface area contributed by atoms with Gasteiger partial charge in [-0.25, -0.2) is 9.97 Å². The molecule has 12 aromatic rings. The first-order valence-electron chi connectivity index (χ1n) is 23.1. The Morgan fingerprint density at radius 3 is 1.88 bits per heavy atom. The number of benzene rings is 10. The number of fused-ring (bicyclic) bond motifs is 8. The van der Waals surface area contributed by atoms with Crippen LogP contribution < -0.4 is 4.90 Å². The van der Waals surface area contributed by atoms with Crippen molar-refractivity contribution in [1.29, 1.82) is 0 Å². The lowest BCUT2D eigenvalue weighted by Gasteiger charge is -2.42. The Morgan fingerprint density at radius 2 is 1.03 bits per heavy atom. The summed E-state index contributed by atoms with van der Waals surface area (Å²) in [5, 5.41) is 5.94.